The van der Waals surface area contributed by atoms with Crippen LogP contribution in [0.5, 0.6) is 0 Å². The summed E-state index contributed by atoms with van der Waals surface area (Å²) in [5.74, 6) is -3.14. The van der Waals surface area contributed by atoms with Crippen molar-refractivity contribution < 1.29 is 22.7 Å². The third-order valence-corrected chi connectivity index (χ3v) is 7.64. The van der Waals surface area contributed by atoms with E-state index in [4.69, 9.17) is 10.7 Å². The van der Waals surface area contributed by atoms with E-state index in [1.165, 1.54) is 4.90 Å². The normalized spacial score (nSPS) is 25.8. The third-order valence-electron chi connectivity index (χ3n) is 4.99. The number of benzene rings is 1. The lowest BCUT2D eigenvalue weighted by Crippen LogP contribution is -2.49. The van der Waals surface area contributed by atoms with Crippen molar-refractivity contribution in [3.63, 3.8) is 0 Å². The number of rotatable bonds is 4. The van der Waals surface area contributed by atoms with E-state index in [0.29, 0.717) is 29.3 Å². The average molecular weight is 439 g/mol. The predicted octanol–water partition coefficient (Wildman–Crippen LogP) is 2.94. The molecule has 1 amide bonds. The number of likely N-dealkylation sites (tertiary alicyclic amines) is 1. The summed E-state index contributed by atoms with van der Waals surface area (Å²) in [6.45, 7) is 1.07. The van der Waals surface area contributed by atoms with Crippen LogP contribution in [0.1, 0.15) is 25.7 Å². The monoisotopic (exact) mass is 438 g/mol. The fraction of sp³-hybridized carbons (Fsp3) is 0.588. The van der Waals surface area contributed by atoms with E-state index in [0.717, 1.165) is 6.42 Å². The van der Waals surface area contributed by atoms with Crippen LogP contribution in [0.25, 0.3) is 0 Å². The second kappa shape index (κ2) is 8.84. The number of nitrogens with zero attached hydrogens (tertiary/aromatic N) is 2. The van der Waals surface area contributed by atoms with Crippen molar-refractivity contribution in [3.8, 4) is 0 Å². The van der Waals surface area contributed by atoms with Crippen molar-refractivity contribution in [1.29, 1.82) is 0 Å². The standard InChI is InChI=1S/C17H21ClF2N2O3S2/c18-26(24)14-3-5-15(6-4-14)27(25)22-9-1-2-13(12-22)16(23)21-10-7-17(19,20)8-11-21/h3-6,13H,1-2,7-12H2/t13-,26?,27?/m1/s1. The van der Waals surface area contributed by atoms with Gasteiger partial charge in [0, 0.05) is 44.6 Å². The number of carbonyl (C=O) groups excluding carboxylic acids is 1. The summed E-state index contributed by atoms with van der Waals surface area (Å²) in [5.41, 5.74) is 0. The SMILES string of the molecule is O=C([C@@H]1CCCN([S+]([O-])c2ccc([S+]([O-])Cl)cc2)C1)N1CCC(F)(F)CC1. The Labute approximate surface area is 168 Å². The molecule has 2 unspecified atom stereocenters. The highest BCUT2D eigenvalue weighted by Gasteiger charge is 2.39. The molecule has 2 heterocycles. The maximum atomic E-state index is 13.3. The Hall–Kier alpha value is -0.580. The summed E-state index contributed by atoms with van der Waals surface area (Å²) < 4.78 is 52.4. The molecule has 0 bridgehead atoms. The lowest BCUT2D eigenvalue weighted by molar-refractivity contribution is -0.142. The molecular weight excluding hydrogens is 418 g/mol. The minimum atomic E-state index is -2.68. The van der Waals surface area contributed by atoms with Gasteiger partial charge in [0.05, 0.1) is 23.8 Å². The van der Waals surface area contributed by atoms with E-state index >= 15 is 0 Å². The van der Waals surface area contributed by atoms with Crippen LogP contribution in [0.2, 0.25) is 0 Å². The number of carbonyl (C=O) groups is 1. The van der Waals surface area contributed by atoms with E-state index < -0.39 is 27.7 Å². The summed E-state index contributed by atoms with van der Waals surface area (Å²) in [4.78, 5) is 15.2. The topological polar surface area (TPSA) is 69.7 Å². The third kappa shape index (κ3) is 5.27. The molecule has 1 aromatic carbocycles. The van der Waals surface area contributed by atoms with Crippen LogP contribution in [-0.4, -0.2) is 56.3 Å². The predicted molar refractivity (Wildman–Crippen MR) is 100 cm³/mol. The van der Waals surface area contributed by atoms with Crippen LogP contribution in [-0.2, 0) is 26.5 Å². The van der Waals surface area contributed by atoms with E-state index in [1.54, 1.807) is 28.6 Å². The van der Waals surface area contributed by atoms with Gasteiger partial charge in [0.1, 0.15) is 10.4 Å². The number of hydrogen-bond donors (Lipinski definition) is 0. The number of amides is 1. The fourth-order valence-corrected chi connectivity index (χ4v) is 5.36. The van der Waals surface area contributed by atoms with Crippen LogP contribution in [0, 0.1) is 5.92 Å². The Morgan fingerprint density at radius 2 is 1.70 bits per heavy atom. The van der Waals surface area contributed by atoms with Gasteiger partial charge in [-0.3, -0.25) is 4.79 Å². The number of piperidine rings is 2. The van der Waals surface area contributed by atoms with Gasteiger partial charge in [-0.05, 0) is 25.0 Å². The Bertz CT molecular complexity index is 656. The van der Waals surface area contributed by atoms with Gasteiger partial charge >= 0.3 is 0 Å². The van der Waals surface area contributed by atoms with Crippen LogP contribution in [0.15, 0.2) is 34.1 Å². The first-order valence-electron chi connectivity index (χ1n) is 8.78. The maximum absolute atomic E-state index is 13.3. The first-order chi connectivity index (χ1) is 12.8. The molecule has 3 atom stereocenters. The molecule has 0 saturated carbocycles. The Balaban J connectivity index is 1.60. The minimum Gasteiger partial charge on any atom is -0.594 e. The molecule has 0 spiro atoms. The van der Waals surface area contributed by atoms with Crippen molar-refractivity contribution in [2.45, 2.75) is 41.4 Å². The zero-order valence-electron chi connectivity index (χ0n) is 14.6. The van der Waals surface area contributed by atoms with Gasteiger partial charge < -0.3 is 14.0 Å². The zero-order chi connectivity index (χ0) is 19.6. The quantitative estimate of drug-likeness (QED) is 0.678. The highest BCUT2D eigenvalue weighted by Crippen LogP contribution is 2.30. The molecule has 0 radical (unpaired) electrons. The summed E-state index contributed by atoms with van der Waals surface area (Å²) in [7, 11) is 3.91. The Morgan fingerprint density at radius 3 is 2.30 bits per heavy atom. The highest BCUT2D eigenvalue weighted by molar-refractivity contribution is 8.13. The summed E-state index contributed by atoms with van der Waals surface area (Å²) >= 11 is -1.45. The number of hydrogen-bond acceptors (Lipinski definition) is 4. The van der Waals surface area contributed by atoms with Gasteiger partial charge in [-0.25, -0.2) is 8.78 Å². The first kappa shape index (κ1) is 21.1. The molecule has 2 fully saturated rings. The van der Waals surface area contributed by atoms with E-state index in [2.05, 4.69) is 0 Å². The van der Waals surface area contributed by atoms with Crippen LogP contribution >= 0.6 is 10.7 Å². The molecule has 2 saturated heterocycles. The van der Waals surface area contributed by atoms with Gasteiger partial charge in [0.2, 0.25) is 5.91 Å². The van der Waals surface area contributed by atoms with E-state index in [-0.39, 0.29) is 37.8 Å². The summed E-state index contributed by atoms with van der Waals surface area (Å²) in [6, 6.07) is 6.36. The average Bonchev–Trinajstić information content (AvgIpc) is 2.67. The molecule has 0 N–H and O–H groups in total. The van der Waals surface area contributed by atoms with Crippen molar-refractivity contribution >= 4 is 38.3 Å². The summed E-state index contributed by atoms with van der Waals surface area (Å²) in [6.07, 6.45) is 0.796. The second-order valence-corrected chi connectivity index (χ2v) is 10.1. The van der Waals surface area contributed by atoms with Crippen LogP contribution in [0.3, 0.4) is 0 Å². The highest BCUT2D eigenvalue weighted by atomic mass is 35.7. The van der Waals surface area contributed by atoms with Crippen molar-refractivity contribution in [2.24, 2.45) is 5.92 Å². The van der Waals surface area contributed by atoms with Gasteiger partial charge in [-0.15, -0.1) is 4.31 Å². The van der Waals surface area contributed by atoms with Crippen molar-refractivity contribution in [1.82, 2.24) is 9.21 Å². The van der Waals surface area contributed by atoms with Crippen molar-refractivity contribution in [2.75, 3.05) is 26.2 Å². The second-order valence-electron chi connectivity index (χ2n) is 6.85. The molecule has 150 valence electrons. The molecule has 3 rings (SSSR count). The summed E-state index contributed by atoms with van der Waals surface area (Å²) in [5, 5.41) is 0. The molecule has 0 aromatic heterocycles. The van der Waals surface area contributed by atoms with Gasteiger partial charge in [0.25, 0.3) is 5.92 Å². The molecule has 2 aliphatic rings. The van der Waals surface area contributed by atoms with Gasteiger partial charge in [-0.2, -0.15) is 0 Å². The molecule has 0 aliphatic carbocycles. The Morgan fingerprint density at radius 1 is 1.11 bits per heavy atom. The first-order valence-corrected chi connectivity index (χ1v) is 11.9. The van der Waals surface area contributed by atoms with Gasteiger partial charge in [0.15, 0.2) is 20.5 Å². The largest absolute Gasteiger partial charge is 0.594 e. The van der Waals surface area contributed by atoms with Crippen molar-refractivity contribution in [3.05, 3.63) is 24.3 Å². The van der Waals surface area contributed by atoms with Gasteiger partial charge in [-0.1, -0.05) is 0 Å². The maximum Gasteiger partial charge on any atom is 0.251 e. The molecule has 1 aromatic rings. The lowest BCUT2D eigenvalue weighted by atomic mass is 9.96. The minimum absolute atomic E-state index is 0.0719. The number of halogens is 3. The van der Waals surface area contributed by atoms with Crippen LogP contribution in [0.4, 0.5) is 8.78 Å². The molecular formula is C17H21ClF2N2O3S2. The molecule has 2 aliphatic heterocycles. The lowest BCUT2D eigenvalue weighted by Gasteiger charge is -2.37. The molecule has 5 nitrogen and oxygen atoms in total. The fourth-order valence-electron chi connectivity index (χ4n) is 3.42. The Kier molecular flexibility index (Phi) is 6.92. The van der Waals surface area contributed by atoms with E-state index in [1.807, 2.05) is 0 Å². The van der Waals surface area contributed by atoms with Crippen LogP contribution < -0.4 is 0 Å². The molecule has 10 heteroatoms. The number of alkyl halides is 2. The molecule has 27 heavy (non-hydrogen) atoms. The smallest absolute Gasteiger partial charge is 0.251 e. The zero-order valence-corrected chi connectivity index (χ0v) is 17.0. The van der Waals surface area contributed by atoms with E-state index in [9.17, 15) is 22.7 Å².